The quantitative estimate of drug-likeness (QED) is 0.804. The van der Waals surface area contributed by atoms with Gasteiger partial charge in [0.25, 0.3) is 5.92 Å². The minimum Gasteiger partial charge on any atom is -0.354 e. The average Bonchev–Trinajstić information content (AvgIpc) is 3.39. The van der Waals surface area contributed by atoms with E-state index in [9.17, 15) is 18.4 Å². The van der Waals surface area contributed by atoms with Crippen LogP contribution in [0.25, 0.3) is 0 Å². The van der Waals surface area contributed by atoms with E-state index in [0.29, 0.717) is 26.1 Å². The number of likely N-dealkylation sites (tertiary alicyclic amines) is 2. The number of carbonyl (C=O) groups is 2. The molecule has 146 valence electrons. The van der Waals surface area contributed by atoms with Crippen LogP contribution >= 0.6 is 0 Å². The van der Waals surface area contributed by atoms with Crippen molar-refractivity contribution < 1.29 is 18.4 Å². The van der Waals surface area contributed by atoms with Gasteiger partial charge in [-0.3, -0.25) is 19.5 Å². The molecule has 1 aromatic heterocycles. The SMILES string of the molecule is O=C(NCCc1ccccn1)[C@@H]1CC(F)(F)CN1C1CN(C(=O)C2CC2)C1. The van der Waals surface area contributed by atoms with Crippen LogP contribution in [0.15, 0.2) is 24.4 Å². The standard InChI is InChI=1S/C19H24F2N4O2/c20-19(21)9-16(17(26)23-8-6-14-3-1-2-7-22-14)25(12-19)15-10-24(11-15)18(27)13-4-5-13/h1-3,7,13,15-16H,4-6,8-12H2,(H,23,26)/t16-/m0/s1. The van der Waals surface area contributed by atoms with Crippen LogP contribution in [-0.4, -0.2) is 70.8 Å². The minimum atomic E-state index is -2.87. The second kappa shape index (κ2) is 7.14. The zero-order chi connectivity index (χ0) is 19.0. The van der Waals surface area contributed by atoms with E-state index < -0.39 is 24.9 Å². The third-order valence-corrected chi connectivity index (χ3v) is 5.58. The van der Waals surface area contributed by atoms with E-state index in [1.807, 2.05) is 18.2 Å². The molecule has 1 atom stereocenters. The lowest BCUT2D eigenvalue weighted by atomic mass is 10.0. The number of amides is 2. The van der Waals surface area contributed by atoms with Crippen molar-refractivity contribution in [1.29, 1.82) is 0 Å². The molecule has 3 fully saturated rings. The Balaban J connectivity index is 1.31. The summed E-state index contributed by atoms with van der Waals surface area (Å²) in [5, 5.41) is 2.77. The third kappa shape index (κ3) is 4.10. The van der Waals surface area contributed by atoms with Gasteiger partial charge in [0.2, 0.25) is 11.8 Å². The molecule has 3 aliphatic rings. The fraction of sp³-hybridized carbons (Fsp3) is 0.632. The second-order valence-electron chi connectivity index (χ2n) is 7.78. The highest BCUT2D eigenvalue weighted by Gasteiger charge is 2.53. The summed E-state index contributed by atoms with van der Waals surface area (Å²) in [4.78, 5) is 32.1. The molecule has 4 rings (SSSR count). The fourth-order valence-electron chi connectivity index (χ4n) is 3.88. The molecule has 2 saturated heterocycles. The third-order valence-electron chi connectivity index (χ3n) is 5.58. The number of aromatic nitrogens is 1. The van der Waals surface area contributed by atoms with Gasteiger partial charge in [0.1, 0.15) is 0 Å². The van der Waals surface area contributed by atoms with E-state index >= 15 is 0 Å². The molecule has 1 aliphatic carbocycles. The van der Waals surface area contributed by atoms with E-state index in [2.05, 4.69) is 10.3 Å². The first-order valence-electron chi connectivity index (χ1n) is 9.53. The molecule has 1 N–H and O–H groups in total. The van der Waals surface area contributed by atoms with E-state index in [4.69, 9.17) is 0 Å². The summed E-state index contributed by atoms with van der Waals surface area (Å²) in [6, 6.07) is 4.55. The van der Waals surface area contributed by atoms with Crippen LogP contribution in [0.2, 0.25) is 0 Å². The van der Waals surface area contributed by atoms with E-state index in [1.54, 1.807) is 16.0 Å². The van der Waals surface area contributed by atoms with Gasteiger partial charge in [-0.1, -0.05) is 6.07 Å². The number of alkyl halides is 2. The van der Waals surface area contributed by atoms with Crippen LogP contribution in [0.3, 0.4) is 0 Å². The fourth-order valence-corrected chi connectivity index (χ4v) is 3.88. The van der Waals surface area contributed by atoms with Crippen LogP contribution in [0, 0.1) is 5.92 Å². The molecule has 27 heavy (non-hydrogen) atoms. The van der Waals surface area contributed by atoms with Crippen molar-refractivity contribution in [3.05, 3.63) is 30.1 Å². The molecule has 1 saturated carbocycles. The van der Waals surface area contributed by atoms with Crippen molar-refractivity contribution in [3.63, 3.8) is 0 Å². The molecule has 6 nitrogen and oxygen atoms in total. The minimum absolute atomic E-state index is 0.133. The van der Waals surface area contributed by atoms with Crippen LogP contribution in [0.5, 0.6) is 0 Å². The molecule has 8 heteroatoms. The summed E-state index contributed by atoms with van der Waals surface area (Å²) < 4.78 is 28.0. The van der Waals surface area contributed by atoms with Crippen LogP contribution in [-0.2, 0) is 16.0 Å². The van der Waals surface area contributed by atoms with E-state index in [0.717, 1.165) is 18.5 Å². The maximum atomic E-state index is 14.0. The van der Waals surface area contributed by atoms with Crippen molar-refractivity contribution in [1.82, 2.24) is 20.1 Å². The Morgan fingerprint density at radius 1 is 1.26 bits per heavy atom. The highest BCUT2D eigenvalue weighted by Crippen LogP contribution is 2.37. The summed E-state index contributed by atoms with van der Waals surface area (Å²) in [6.07, 6.45) is 3.64. The first kappa shape index (κ1) is 18.3. The topological polar surface area (TPSA) is 65.5 Å². The second-order valence-corrected chi connectivity index (χ2v) is 7.78. The number of carbonyl (C=O) groups excluding carboxylic acids is 2. The molecule has 3 heterocycles. The molecule has 2 amide bonds. The number of nitrogens with one attached hydrogen (secondary N) is 1. The Hall–Kier alpha value is -2.09. The van der Waals surface area contributed by atoms with Gasteiger partial charge < -0.3 is 10.2 Å². The molecule has 1 aromatic rings. The highest BCUT2D eigenvalue weighted by molar-refractivity contribution is 5.83. The molecule has 0 bridgehead atoms. The summed E-state index contributed by atoms with van der Waals surface area (Å²) in [6.45, 7) is 0.844. The van der Waals surface area contributed by atoms with Crippen molar-refractivity contribution >= 4 is 11.8 Å². The van der Waals surface area contributed by atoms with Crippen molar-refractivity contribution in [2.75, 3.05) is 26.2 Å². The summed E-state index contributed by atoms with van der Waals surface area (Å²) in [5.41, 5.74) is 0.847. The lowest BCUT2D eigenvalue weighted by Gasteiger charge is -2.45. The number of rotatable bonds is 6. The molecule has 0 spiro atoms. The lowest BCUT2D eigenvalue weighted by molar-refractivity contribution is -0.141. The lowest BCUT2D eigenvalue weighted by Crippen LogP contribution is -2.64. The zero-order valence-corrected chi connectivity index (χ0v) is 15.1. The molecular formula is C19H24F2N4O2. The van der Waals surface area contributed by atoms with Gasteiger partial charge in [0, 0.05) is 56.3 Å². The van der Waals surface area contributed by atoms with E-state index in [-0.39, 0.29) is 23.8 Å². The summed E-state index contributed by atoms with van der Waals surface area (Å²) in [7, 11) is 0. The van der Waals surface area contributed by atoms with Gasteiger partial charge in [-0.2, -0.15) is 0 Å². The zero-order valence-electron chi connectivity index (χ0n) is 15.1. The molecule has 0 unspecified atom stereocenters. The number of pyridine rings is 1. The maximum Gasteiger partial charge on any atom is 0.262 e. The van der Waals surface area contributed by atoms with E-state index in [1.165, 1.54) is 0 Å². The normalized spacial score (nSPS) is 25.3. The number of hydrogen-bond acceptors (Lipinski definition) is 4. The maximum absolute atomic E-state index is 14.0. The Morgan fingerprint density at radius 3 is 2.70 bits per heavy atom. The van der Waals surface area contributed by atoms with Gasteiger partial charge in [0.05, 0.1) is 12.6 Å². The van der Waals surface area contributed by atoms with Gasteiger partial charge >= 0.3 is 0 Å². The Labute approximate surface area is 156 Å². The van der Waals surface area contributed by atoms with Crippen molar-refractivity contribution in [3.8, 4) is 0 Å². The molecule has 2 aliphatic heterocycles. The largest absolute Gasteiger partial charge is 0.354 e. The first-order valence-corrected chi connectivity index (χ1v) is 9.53. The number of halogens is 2. The van der Waals surface area contributed by atoms with Crippen LogP contribution in [0.4, 0.5) is 8.78 Å². The number of hydrogen-bond donors (Lipinski definition) is 1. The van der Waals surface area contributed by atoms with Gasteiger partial charge in [-0.25, -0.2) is 8.78 Å². The Bertz CT molecular complexity index is 705. The monoisotopic (exact) mass is 378 g/mol. The van der Waals surface area contributed by atoms with Gasteiger partial charge in [0.15, 0.2) is 0 Å². The van der Waals surface area contributed by atoms with Crippen molar-refractivity contribution in [2.45, 2.75) is 43.7 Å². The Morgan fingerprint density at radius 2 is 2.04 bits per heavy atom. The van der Waals surface area contributed by atoms with Gasteiger partial charge in [-0.05, 0) is 25.0 Å². The number of nitrogens with zero attached hydrogens (tertiary/aromatic N) is 3. The summed E-state index contributed by atoms with van der Waals surface area (Å²) >= 11 is 0. The smallest absolute Gasteiger partial charge is 0.262 e. The highest BCUT2D eigenvalue weighted by atomic mass is 19.3. The van der Waals surface area contributed by atoms with Crippen LogP contribution in [0.1, 0.15) is 25.0 Å². The van der Waals surface area contributed by atoms with Crippen molar-refractivity contribution in [2.24, 2.45) is 5.92 Å². The predicted octanol–water partition coefficient (Wildman–Crippen LogP) is 1.07. The molecule has 0 aromatic carbocycles. The van der Waals surface area contributed by atoms with Gasteiger partial charge in [-0.15, -0.1) is 0 Å². The first-order chi connectivity index (χ1) is 12.9. The molecular weight excluding hydrogens is 354 g/mol. The van der Waals surface area contributed by atoms with Crippen LogP contribution < -0.4 is 5.32 Å². The average molecular weight is 378 g/mol. The Kier molecular flexibility index (Phi) is 4.84. The molecule has 0 radical (unpaired) electrons. The summed E-state index contributed by atoms with van der Waals surface area (Å²) in [5.74, 6) is -2.97. The predicted molar refractivity (Wildman–Crippen MR) is 94.1 cm³/mol.